The van der Waals surface area contributed by atoms with Gasteiger partial charge in [0.15, 0.2) is 0 Å². The Balaban J connectivity index is 1.48. The fourth-order valence-electron chi connectivity index (χ4n) is 3.64. The zero-order chi connectivity index (χ0) is 20.2. The number of carbonyl (C=O) groups is 1. The molecule has 146 valence electrons. The molecule has 1 saturated carbocycles. The summed E-state index contributed by atoms with van der Waals surface area (Å²) in [6, 6.07) is 8.01. The normalized spacial score (nSPS) is 18.7. The minimum absolute atomic E-state index is 0.207. The van der Waals surface area contributed by atoms with Crippen LogP contribution in [0.3, 0.4) is 0 Å². The number of nitrogens with one attached hydrogen (secondary N) is 2. The lowest BCUT2D eigenvalue weighted by atomic mass is 9.91. The fraction of sp³-hybridized carbons (Fsp3) is 0.300. The van der Waals surface area contributed by atoms with E-state index in [2.05, 4.69) is 37.5 Å². The standard InChI is InChI=1S/C20H20N8O/c1-2-19(29)24-15-6-7-18-17(9-15)26-27-28(18)16-5-3-4-14(8-16)25-20-22-11-13(10-21)12-23-20/h2,6-7,9,11-12,14,16H,1,3-5,8H2,(H,24,29)(H,22,23,25)/t14-,16+/m1/s1. The number of amides is 1. The number of rotatable bonds is 5. The molecule has 0 bridgehead atoms. The van der Waals surface area contributed by atoms with E-state index in [9.17, 15) is 4.79 Å². The molecule has 9 heteroatoms. The molecule has 2 heterocycles. The van der Waals surface area contributed by atoms with Gasteiger partial charge in [-0.15, -0.1) is 5.10 Å². The van der Waals surface area contributed by atoms with Crippen LogP contribution >= 0.6 is 0 Å². The summed E-state index contributed by atoms with van der Waals surface area (Å²) in [5, 5.41) is 23.6. The Morgan fingerprint density at radius 3 is 2.90 bits per heavy atom. The van der Waals surface area contributed by atoms with Crippen molar-refractivity contribution in [1.82, 2.24) is 25.0 Å². The summed E-state index contributed by atoms with van der Waals surface area (Å²) in [6.45, 7) is 3.46. The van der Waals surface area contributed by atoms with Gasteiger partial charge in [0, 0.05) is 11.7 Å². The summed E-state index contributed by atoms with van der Waals surface area (Å²) in [6.07, 6.45) is 8.22. The van der Waals surface area contributed by atoms with Gasteiger partial charge in [-0.05, 0) is 50.0 Å². The lowest BCUT2D eigenvalue weighted by Gasteiger charge is -2.30. The molecule has 2 N–H and O–H groups in total. The molecule has 1 amide bonds. The lowest BCUT2D eigenvalue weighted by molar-refractivity contribution is -0.111. The Labute approximate surface area is 167 Å². The van der Waals surface area contributed by atoms with E-state index in [1.54, 1.807) is 0 Å². The van der Waals surface area contributed by atoms with Crippen molar-refractivity contribution in [3.63, 3.8) is 0 Å². The van der Waals surface area contributed by atoms with Gasteiger partial charge in [-0.2, -0.15) is 5.26 Å². The Bertz CT molecular complexity index is 1080. The first-order valence-electron chi connectivity index (χ1n) is 9.43. The van der Waals surface area contributed by atoms with Crippen LogP contribution in [0.4, 0.5) is 11.6 Å². The maximum absolute atomic E-state index is 11.5. The summed E-state index contributed by atoms with van der Waals surface area (Å²) < 4.78 is 1.96. The van der Waals surface area contributed by atoms with Crippen LogP contribution < -0.4 is 10.6 Å². The third kappa shape index (κ3) is 4.06. The number of carbonyl (C=O) groups excluding carboxylic acids is 1. The van der Waals surface area contributed by atoms with Crippen molar-refractivity contribution in [3.05, 3.63) is 48.8 Å². The van der Waals surface area contributed by atoms with Crippen molar-refractivity contribution >= 4 is 28.6 Å². The van der Waals surface area contributed by atoms with E-state index in [1.165, 1.54) is 18.5 Å². The first-order valence-corrected chi connectivity index (χ1v) is 9.43. The first-order chi connectivity index (χ1) is 14.2. The number of hydrogen-bond acceptors (Lipinski definition) is 7. The molecule has 1 fully saturated rings. The molecule has 0 unspecified atom stereocenters. The molecule has 1 aliphatic carbocycles. The second kappa shape index (κ2) is 8.06. The predicted molar refractivity (Wildman–Crippen MR) is 108 cm³/mol. The Hall–Kier alpha value is -3.80. The molecular weight excluding hydrogens is 368 g/mol. The number of nitrogens with zero attached hydrogens (tertiary/aromatic N) is 6. The van der Waals surface area contributed by atoms with Gasteiger partial charge < -0.3 is 10.6 Å². The second-order valence-electron chi connectivity index (χ2n) is 7.00. The Morgan fingerprint density at radius 1 is 1.31 bits per heavy atom. The van der Waals surface area contributed by atoms with Crippen molar-refractivity contribution in [2.75, 3.05) is 10.6 Å². The van der Waals surface area contributed by atoms with Crippen LogP contribution in [-0.2, 0) is 4.79 Å². The molecule has 1 aliphatic rings. The topological polar surface area (TPSA) is 121 Å². The fourth-order valence-corrected chi connectivity index (χ4v) is 3.64. The average Bonchev–Trinajstić information content (AvgIpc) is 3.17. The minimum atomic E-state index is -0.261. The van der Waals surface area contributed by atoms with Gasteiger partial charge in [0.25, 0.3) is 0 Å². The molecule has 0 radical (unpaired) electrons. The molecule has 2 atom stereocenters. The lowest BCUT2D eigenvalue weighted by Crippen LogP contribution is -2.30. The highest BCUT2D eigenvalue weighted by Crippen LogP contribution is 2.31. The molecular formula is C20H20N8O. The quantitative estimate of drug-likeness (QED) is 0.645. The van der Waals surface area contributed by atoms with Gasteiger partial charge in [-0.3, -0.25) is 4.79 Å². The van der Waals surface area contributed by atoms with Crippen molar-refractivity contribution in [2.24, 2.45) is 0 Å². The summed E-state index contributed by atoms with van der Waals surface area (Å²) in [5.41, 5.74) is 2.77. The monoisotopic (exact) mass is 388 g/mol. The summed E-state index contributed by atoms with van der Waals surface area (Å²) in [5.74, 6) is 0.267. The largest absolute Gasteiger partial charge is 0.351 e. The van der Waals surface area contributed by atoms with Gasteiger partial charge >= 0.3 is 0 Å². The van der Waals surface area contributed by atoms with Crippen molar-refractivity contribution in [1.29, 1.82) is 5.26 Å². The number of aromatic nitrogens is 5. The van der Waals surface area contributed by atoms with Crippen LogP contribution in [0.2, 0.25) is 0 Å². The summed E-state index contributed by atoms with van der Waals surface area (Å²) in [4.78, 5) is 19.9. The second-order valence-corrected chi connectivity index (χ2v) is 7.00. The van der Waals surface area contributed by atoms with E-state index < -0.39 is 0 Å². The van der Waals surface area contributed by atoms with E-state index in [1.807, 2.05) is 29.0 Å². The van der Waals surface area contributed by atoms with Gasteiger partial charge in [-0.1, -0.05) is 11.8 Å². The zero-order valence-electron chi connectivity index (χ0n) is 15.7. The highest BCUT2D eigenvalue weighted by Gasteiger charge is 2.26. The van der Waals surface area contributed by atoms with E-state index in [4.69, 9.17) is 5.26 Å². The predicted octanol–water partition coefficient (Wildman–Crippen LogP) is 2.81. The highest BCUT2D eigenvalue weighted by molar-refractivity contribution is 5.99. The van der Waals surface area contributed by atoms with Crippen molar-refractivity contribution in [2.45, 2.75) is 37.8 Å². The van der Waals surface area contributed by atoms with Gasteiger partial charge in [-0.25, -0.2) is 14.6 Å². The van der Waals surface area contributed by atoms with Crippen LogP contribution in [0, 0.1) is 11.3 Å². The smallest absolute Gasteiger partial charge is 0.247 e. The number of fused-ring (bicyclic) bond motifs is 1. The average molecular weight is 388 g/mol. The number of hydrogen-bond donors (Lipinski definition) is 2. The molecule has 9 nitrogen and oxygen atoms in total. The van der Waals surface area contributed by atoms with E-state index >= 15 is 0 Å². The molecule has 0 saturated heterocycles. The van der Waals surface area contributed by atoms with Crippen molar-refractivity contribution < 1.29 is 4.79 Å². The van der Waals surface area contributed by atoms with Crippen LogP contribution in [0.1, 0.15) is 37.3 Å². The maximum Gasteiger partial charge on any atom is 0.247 e. The summed E-state index contributed by atoms with van der Waals surface area (Å²) >= 11 is 0. The van der Waals surface area contributed by atoms with Crippen LogP contribution in [-0.4, -0.2) is 36.9 Å². The van der Waals surface area contributed by atoms with Crippen LogP contribution in [0.25, 0.3) is 11.0 Å². The van der Waals surface area contributed by atoms with E-state index in [0.717, 1.165) is 36.7 Å². The first kappa shape index (κ1) is 18.6. The zero-order valence-corrected chi connectivity index (χ0v) is 15.7. The number of nitriles is 1. The number of anilines is 2. The Morgan fingerprint density at radius 2 is 2.14 bits per heavy atom. The summed E-state index contributed by atoms with van der Waals surface area (Å²) in [7, 11) is 0. The maximum atomic E-state index is 11.5. The van der Waals surface area contributed by atoms with Crippen LogP contribution in [0.15, 0.2) is 43.2 Å². The minimum Gasteiger partial charge on any atom is -0.351 e. The Kier molecular flexibility index (Phi) is 5.16. The van der Waals surface area contributed by atoms with Crippen molar-refractivity contribution in [3.8, 4) is 6.07 Å². The van der Waals surface area contributed by atoms with E-state index in [-0.39, 0.29) is 18.0 Å². The molecule has 3 aromatic rings. The molecule has 4 rings (SSSR count). The third-order valence-electron chi connectivity index (χ3n) is 5.03. The molecule has 2 aromatic heterocycles. The molecule has 1 aromatic carbocycles. The van der Waals surface area contributed by atoms with Gasteiger partial charge in [0.2, 0.25) is 11.9 Å². The third-order valence-corrected chi connectivity index (χ3v) is 5.03. The SMILES string of the molecule is C=CC(=O)Nc1ccc2c(c1)nnn2[C@H]1CCC[C@@H](Nc2ncc(C#N)cn2)C1. The van der Waals surface area contributed by atoms with Gasteiger partial charge in [0.1, 0.15) is 11.6 Å². The van der Waals surface area contributed by atoms with Crippen LogP contribution in [0.5, 0.6) is 0 Å². The highest BCUT2D eigenvalue weighted by atomic mass is 16.1. The van der Waals surface area contributed by atoms with Gasteiger partial charge in [0.05, 0.1) is 29.5 Å². The molecule has 0 spiro atoms. The molecule has 0 aliphatic heterocycles. The van der Waals surface area contributed by atoms with E-state index in [0.29, 0.717) is 17.2 Å². The number of benzene rings is 1. The molecule has 29 heavy (non-hydrogen) atoms.